The lowest BCUT2D eigenvalue weighted by Crippen LogP contribution is -2.48. The molecule has 1 aromatic carbocycles. The molecular formula is C13H19BrN2O2. The van der Waals surface area contributed by atoms with E-state index in [2.05, 4.69) is 26.6 Å². The zero-order chi connectivity index (χ0) is 13.6. The summed E-state index contributed by atoms with van der Waals surface area (Å²) in [7, 11) is 0. The molecule has 5 heteroatoms. The molecule has 3 N–H and O–H groups in total. The van der Waals surface area contributed by atoms with Crippen molar-refractivity contribution in [2.45, 2.75) is 32.2 Å². The standard InChI is InChI=1S/C13H19BrN2O2/c1-3-13(2,8-9-17)16-12(18)15-11-6-4-10(14)5-7-11/h4-7,17H,3,8-9H2,1-2H3,(H2,15,16,18). The monoisotopic (exact) mass is 314 g/mol. The summed E-state index contributed by atoms with van der Waals surface area (Å²) >= 11 is 3.34. The number of carbonyl (C=O) groups excluding carboxylic acids is 1. The molecule has 18 heavy (non-hydrogen) atoms. The Kier molecular flexibility index (Phi) is 5.62. The number of hydrogen-bond donors (Lipinski definition) is 3. The first-order valence-corrected chi connectivity index (χ1v) is 6.74. The van der Waals surface area contributed by atoms with Crippen molar-refractivity contribution in [3.05, 3.63) is 28.7 Å². The minimum atomic E-state index is -0.381. The average molecular weight is 315 g/mol. The lowest BCUT2D eigenvalue weighted by molar-refractivity contribution is 0.208. The number of hydrogen-bond acceptors (Lipinski definition) is 2. The van der Waals surface area contributed by atoms with E-state index in [1.165, 1.54) is 0 Å². The van der Waals surface area contributed by atoms with Crippen LogP contribution in [-0.2, 0) is 0 Å². The van der Waals surface area contributed by atoms with Crippen molar-refractivity contribution >= 4 is 27.6 Å². The van der Waals surface area contributed by atoms with Gasteiger partial charge in [-0.1, -0.05) is 22.9 Å². The van der Waals surface area contributed by atoms with Crippen molar-refractivity contribution in [1.29, 1.82) is 0 Å². The molecule has 0 aromatic heterocycles. The maximum absolute atomic E-state index is 11.8. The molecular weight excluding hydrogens is 296 g/mol. The fourth-order valence-corrected chi connectivity index (χ4v) is 1.81. The van der Waals surface area contributed by atoms with Crippen LogP contribution in [0.2, 0.25) is 0 Å². The van der Waals surface area contributed by atoms with Gasteiger partial charge in [-0.05, 0) is 44.0 Å². The van der Waals surface area contributed by atoms with Gasteiger partial charge in [-0.3, -0.25) is 0 Å². The summed E-state index contributed by atoms with van der Waals surface area (Å²) in [5, 5.41) is 14.6. The molecule has 100 valence electrons. The third-order valence-electron chi connectivity index (χ3n) is 2.96. The van der Waals surface area contributed by atoms with Gasteiger partial charge in [-0.15, -0.1) is 0 Å². The molecule has 2 amide bonds. The van der Waals surface area contributed by atoms with Gasteiger partial charge < -0.3 is 15.7 Å². The summed E-state index contributed by atoms with van der Waals surface area (Å²) in [6, 6.07) is 7.11. The lowest BCUT2D eigenvalue weighted by atomic mass is 9.95. The van der Waals surface area contributed by atoms with Crippen LogP contribution in [-0.4, -0.2) is 23.3 Å². The minimum Gasteiger partial charge on any atom is -0.396 e. The first kappa shape index (κ1) is 15.0. The van der Waals surface area contributed by atoms with Crippen LogP contribution < -0.4 is 10.6 Å². The Hall–Kier alpha value is -1.07. The molecule has 4 nitrogen and oxygen atoms in total. The summed E-state index contributed by atoms with van der Waals surface area (Å²) in [6.07, 6.45) is 1.30. The van der Waals surface area contributed by atoms with E-state index in [9.17, 15) is 4.79 Å². The second kappa shape index (κ2) is 6.75. The van der Waals surface area contributed by atoms with Crippen LogP contribution in [0.5, 0.6) is 0 Å². The highest BCUT2D eigenvalue weighted by molar-refractivity contribution is 9.10. The number of anilines is 1. The molecule has 0 saturated heterocycles. The van der Waals surface area contributed by atoms with E-state index in [-0.39, 0.29) is 18.2 Å². The van der Waals surface area contributed by atoms with Crippen molar-refractivity contribution in [3.8, 4) is 0 Å². The van der Waals surface area contributed by atoms with Crippen LogP contribution in [0, 0.1) is 0 Å². The Bertz CT molecular complexity index is 394. The number of benzene rings is 1. The van der Waals surface area contributed by atoms with Gasteiger partial charge in [-0.25, -0.2) is 4.79 Å². The zero-order valence-corrected chi connectivity index (χ0v) is 12.3. The molecule has 1 aromatic rings. The fourth-order valence-electron chi connectivity index (χ4n) is 1.54. The van der Waals surface area contributed by atoms with Gasteiger partial charge >= 0.3 is 6.03 Å². The first-order valence-electron chi connectivity index (χ1n) is 5.94. The molecule has 0 aliphatic carbocycles. The predicted octanol–water partition coefficient (Wildman–Crippen LogP) is 3.12. The van der Waals surface area contributed by atoms with E-state index in [0.717, 1.165) is 16.6 Å². The maximum atomic E-state index is 11.8. The van der Waals surface area contributed by atoms with Crippen molar-refractivity contribution in [1.82, 2.24) is 5.32 Å². The van der Waals surface area contributed by atoms with E-state index in [4.69, 9.17) is 5.11 Å². The lowest BCUT2D eigenvalue weighted by Gasteiger charge is -2.29. The Morgan fingerprint density at radius 3 is 2.50 bits per heavy atom. The molecule has 0 aliphatic rings. The van der Waals surface area contributed by atoms with Crippen molar-refractivity contribution in [2.24, 2.45) is 0 Å². The van der Waals surface area contributed by atoms with Gasteiger partial charge in [0.2, 0.25) is 0 Å². The number of aliphatic hydroxyl groups is 1. The van der Waals surface area contributed by atoms with Crippen LogP contribution in [0.3, 0.4) is 0 Å². The van der Waals surface area contributed by atoms with Crippen LogP contribution in [0.4, 0.5) is 10.5 Å². The van der Waals surface area contributed by atoms with Gasteiger partial charge in [0, 0.05) is 22.3 Å². The Labute approximate surface area is 116 Å². The predicted molar refractivity (Wildman–Crippen MR) is 76.7 cm³/mol. The van der Waals surface area contributed by atoms with Crippen molar-refractivity contribution in [2.75, 3.05) is 11.9 Å². The van der Waals surface area contributed by atoms with E-state index in [1.807, 2.05) is 38.1 Å². The van der Waals surface area contributed by atoms with Gasteiger partial charge in [0.25, 0.3) is 0 Å². The first-order chi connectivity index (χ1) is 8.49. The van der Waals surface area contributed by atoms with Crippen LogP contribution >= 0.6 is 15.9 Å². The summed E-state index contributed by atoms with van der Waals surface area (Å²) in [6.45, 7) is 3.96. The highest BCUT2D eigenvalue weighted by atomic mass is 79.9. The van der Waals surface area contributed by atoms with Gasteiger partial charge in [0.15, 0.2) is 0 Å². The van der Waals surface area contributed by atoms with Crippen molar-refractivity contribution in [3.63, 3.8) is 0 Å². The maximum Gasteiger partial charge on any atom is 0.319 e. The number of halogens is 1. The molecule has 1 atom stereocenters. The van der Waals surface area contributed by atoms with Crippen molar-refractivity contribution < 1.29 is 9.90 Å². The van der Waals surface area contributed by atoms with E-state index < -0.39 is 0 Å². The Balaban J connectivity index is 2.58. The average Bonchev–Trinajstić information content (AvgIpc) is 2.32. The molecule has 0 fully saturated rings. The Morgan fingerprint density at radius 2 is 2.00 bits per heavy atom. The molecule has 0 radical (unpaired) electrons. The second-order valence-electron chi connectivity index (χ2n) is 4.47. The number of carbonyl (C=O) groups is 1. The normalized spacial score (nSPS) is 13.8. The van der Waals surface area contributed by atoms with Gasteiger partial charge in [0.05, 0.1) is 0 Å². The summed E-state index contributed by atoms with van der Waals surface area (Å²) in [5.74, 6) is 0. The highest BCUT2D eigenvalue weighted by Gasteiger charge is 2.23. The molecule has 1 rings (SSSR count). The van der Waals surface area contributed by atoms with Crippen LogP contribution in [0.25, 0.3) is 0 Å². The highest BCUT2D eigenvalue weighted by Crippen LogP contribution is 2.16. The number of aliphatic hydroxyl groups excluding tert-OH is 1. The van der Waals surface area contributed by atoms with Gasteiger partial charge in [0.1, 0.15) is 0 Å². The van der Waals surface area contributed by atoms with E-state index in [1.54, 1.807) is 0 Å². The second-order valence-corrected chi connectivity index (χ2v) is 5.39. The number of rotatable bonds is 5. The molecule has 0 bridgehead atoms. The summed E-state index contributed by atoms with van der Waals surface area (Å²) in [5.41, 5.74) is 0.354. The number of urea groups is 1. The van der Waals surface area contributed by atoms with E-state index in [0.29, 0.717) is 6.42 Å². The molecule has 0 spiro atoms. The third-order valence-corrected chi connectivity index (χ3v) is 3.49. The smallest absolute Gasteiger partial charge is 0.319 e. The van der Waals surface area contributed by atoms with E-state index >= 15 is 0 Å². The molecule has 1 unspecified atom stereocenters. The van der Waals surface area contributed by atoms with Gasteiger partial charge in [-0.2, -0.15) is 0 Å². The topological polar surface area (TPSA) is 61.4 Å². The summed E-state index contributed by atoms with van der Waals surface area (Å²) in [4.78, 5) is 11.8. The SMILES string of the molecule is CCC(C)(CCO)NC(=O)Nc1ccc(Br)cc1. The minimum absolute atomic E-state index is 0.0584. The largest absolute Gasteiger partial charge is 0.396 e. The van der Waals surface area contributed by atoms with Crippen LogP contribution in [0.1, 0.15) is 26.7 Å². The molecule has 0 saturated carbocycles. The zero-order valence-electron chi connectivity index (χ0n) is 10.7. The number of nitrogens with one attached hydrogen (secondary N) is 2. The molecule has 0 heterocycles. The fraction of sp³-hybridized carbons (Fsp3) is 0.462. The Morgan fingerprint density at radius 1 is 1.39 bits per heavy atom. The molecule has 0 aliphatic heterocycles. The summed E-state index contributed by atoms with van der Waals surface area (Å²) < 4.78 is 0.965. The van der Waals surface area contributed by atoms with Crippen LogP contribution in [0.15, 0.2) is 28.7 Å². The quantitative estimate of drug-likeness (QED) is 0.782. The number of amides is 2. The third kappa shape index (κ3) is 4.66.